The zero-order chi connectivity index (χ0) is 19.2. The minimum atomic E-state index is -0.237. The van der Waals surface area contributed by atoms with E-state index >= 15 is 0 Å². The highest BCUT2D eigenvalue weighted by atomic mass is 16.3. The van der Waals surface area contributed by atoms with Crippen molar-refractivity contribution < 1.29 is 10.2 Å². The molecule has 3 aliphatic rings. The van der Waals surface area contributed by atoms with Gasteiger partial charge < -0.3 is 14.8 Å². The van der Waals surface area contributed by atoms with Gasteiger partial charge in [-0.25, -0.2) is 4.98 Å². The Labute approximate surface area is 163 Å². The molecule has 0 radical (unpaired) electrons. The highest BCUT2D eigenvalue weighted by Gasteiger charge is 2.56. The number of rotatable bonds is 4. The van der Waals surface area contributed by atoms with Crippen molar-refractivity contribution in [2.45, 2.75) is 84.0 Å². The number of aryl methyl sites for hydroxylation is 1. The highest BCUT2D eigenvalue weighted by Crippen LogP contribution is 2.61. The highest BCUT2D eigenvalue weighted by molar-refractivity contribution is 5.21. The van der Waals surface area contributed by atoms with Crippen LogP contribution < -0.4 is 0 Å². The zero-order valence-corrected chi connectivity index (χ0v) is 17.0. The molecule has 1 aromatic heterocycles. The number of imidazole rings is 1. The summed E-state index contributed by atoms with van der Waals surface area (Å²) in [6.45, 7) is 10.00. The van der Waals surface area contributed by atoms with E-state index in [1.165, 1.54) is 5.57 Å². The molecule has 0 spiro atoms. The summed E-state index contributed by atoms with van der Waals surface area (Å²) < 4.78 is 2.14. The Morgan fingerprint density at radius 1 is 1.19 bits per heavy atom. The zero-order valence-electron chi connectivity index (χ0n) is 17.0. The van der Waals surface area contributed by atoms with Crippen LogP contribution in [0.3, 0.4) is 0 Å². The van der Waals surface area contributed by atoms with Gasteiger partial charge in [0.1, 0.15) is 0 Å². The van der Waals surface area contributed by atoms with Crippen molar-refractivity contribution in [3.05, 3.63) is 30.9 Å². The van der Waals surface area contributed by atoms with Crippen molar-refractivity contribution in [3.8, 4) is 0 Å². The Morgan fingerprint density at radius 2 is 2.00 bits per heavy atom. The molecule has 27 heavy (non-hydrogen) atoms. The second-order valence-corrected chi connectivity index (χ2v) is 10.0. The molecule has 7 atom stereocenters. The van der Waals surface area contributed by atoms with Crippen LogP contribution in [0.15, 0.2) is 30.9 Å². The van der Waals surface area contributed by atoms with Gasteiger partial charge in [-0.3, -0.25) is 0 Å². The first-order chi connectivity index (χ1) is 12.8. The smallest absolute Gasteiger partial charge is 0.0945 e. The van der Waals surface area contributed by atoms with Gasteiger partial charge in [-0.15, -0.1) is 0 Å². The van der Waals surface area contributed by atoms with E-state index in [0.29, 0.717) is 17.8 Å². The number of allylic oxidation sites excluding steroid dienone is 1. The van der Waals surface area contributed by atoms with Crippen LogP contribution in [-0.2, 0) is 6.54 Å². The maximum Gasteiger partial charge on any atom is 0.0945 e. The monoisotopic (exact) mass is 372 g/mol. The van der Waals surface area contributed by atoms with Crippen LogP contribution in [-0.4, -0.2) is 32.0 Å². The lowest BCUT2D eigenvalue weighted by Gasteiger charge is -2.55. The molecule has 0 bridgehead atoms. The molecule has 7 unspecified atom stereocenters. The van der Waals surface area contributed by atoms with Crippen molar-refractivity contribution in [1.82, 2.24) is 9.55 Å². The van der Waals surface area contributed by atoms with Crippen LogP contribution in [0.5, 0.6) is 0 Å². The number of nitrogens with zero attached hydrogens (tertiary/aromatic N) is 2. The third kappa shape index (κ3) is 3.19. The van der Waals surface area contributed by atoms with E-state index in [2.05, 4.69) is 30.0 Å². The van der Waals surface area contributed by atoms with Crippen LogP contribution in [0.25, 0.3) is 0 Å². The molecule has 1 aromatic rings. The van der Waals surface area contributed by atoms with Crippen molar-refractivity contribution in [2.24, 2.45) is 28.6 Å². The average molecular weight is 373 g/mol. The summed E-state index contributed by atoms with van der Waals surface area (Å²) in [4.78, 5) is 4.16. The fraction of sp³-hybridized carbons (Fsp3) is 0.783. The van der Waals surface area contributed by atoms with Crippen molar-refractivity contribution in [2.75, 3.05) is 0 Å². The van der Waals surface area contributed by atoms with Crippen LogP contribution >= 0.6 is 0 Å². The number of aliphatic hydroxyl groups is 2. The van der Waals surface area contributed by atoms with Crippen molar-refractivity contribution in [3.63, 3.8) is 0 Å². The van der Waals surface area contributed by atoms with Crippen LogP contribution in [0, 0.1) is 28.6 Å². The number of aromatic nitrogens is 2. The normalized spacial score (nSPS) is 45.0. The van der Waals surface area contributed by atoms with Gasteiger partial charge in [0.25, 0.3) is 0 Å². The van der Waals surface area contributed by atoms with Crippen molar-refractivity contribution >= 4 is 0 Å². The summed E-state index contributed by atoms with van der Waals surface area (Å²) >= 11 is 0. The fourth-order valence-corrected chi connectivity index (χ4v) is 6.79. The number of fused-ring (bicyclic) bond motifs is 1. The molecule has 4 heteroatoms. The topological polar surface area (TPSA) is 58.3 Å². The largest absolute Gasteiger partial charge is 0.393 e. The van der Waals surface area contributed by atoms with Gasteiger partial charge in [-0.2, -0.15) is 0 Å². The van der Waals surface area contributed by atoms with Gasteiger partial charge in [0.2, 0.25) is 0 Å². The van der Waals surface area contributed by atoms with E-state index < -0.39 is 0 Å². The predicted octanol–water partition coefficient (Wildman–Crippen LogP) is 4.18. The Kier molecular flexibility index (Phi) is 5.00. The van der Waals surface area contributed by atoms with Crippen LogP contribution in [0.4, 0.5) is 0 Å². The summed E-state index contributed by atoms with van der Waals surface area (Å²) in [5.41, 5.74) is 1.59. The lowest BCUT2D eigenvalue weighted by molar-refractivity contribution is -0.120. The molecule has 3 saturated carbocycles. The summed E-state index contributed by atoms with van der Waals surface area (Å²) in [6.07, 6.45) is 13.5. The summed E-state index contributed by atoms with van der Waals surface area (Å²) in [5, 5.41) is 21.8. The molecule has 0 aliphatic heterocycles. The second-order valence-electron chi connectivity index (χ2n) is 10.0. The van der Waals surface area contributed by atoms with Gasteiger partial charge in [0, 0.05) is 18.9 Å². The van der Waals surface area contributed by atoms with Gasteiger partial charge in [-0.05, 0) is 80.0 Å². The standard InChI is InChI=1S/C23H36N2O2/c1-16-4-5-19-21(27)20(7-10-22(16,19)2)23(3)9-6-18(26)14-17(23)8-12-25-13-11-24-15-25/h11,13,15,17-21,26-27H,1,4-10,12,14H2,2-3H3. The molecule has 0 saturated heterocycles. The molecule has 3 aliphatic carbocycles. The third-order valence-corrected chi connectivity index (χ3v) is 8.83. The van der Waals surface area contributed by atoms with E-state index in [4.69, 9.17) is 0 Å². The summed E-state index contributed by atoms with van der Waals surface area (Å²) in [6, 6.07) is 0. The summed E-state index contributed by atoms with van der Waals surface area (Å²) in [5.74, 6) is 1.14. The first-order valence-electron chi connectivity index (χ1n) is 10.8. The van der Waals surface area contributed by atoms with Crippen LogP contribution in [0.2, 0.25) is 0 Å². The first-order valence-corrected chi connectivity index (χ1v) is 10.8. The molecule has 4 rings (SSSR count). The molecular formula is C23H36N2O2. The number of aliphatic hydroxyl groups excluding tert-OH is 2. The average Bonchev–Trinajstić information content (AvgIpc) is 3.25. The minimum Gasteiger partial charge on any atom is -0.393 e. The van der Waals surface area contributed by atoms with Gasteiger partial charge >= 0.3 is 0 Å². The molecule has 0 amide bonds. The molecule has 150 valence electrons. The number of hydrogen-bond donors (Lipinski definition) is 2. The summed E-state index contributed by atoms with van der Waals surface area (Å²) in [7, 11) is 0. The molecular weight excluding hydrogens is 336 g/mol. The maximum atomic E-state index is 11.5. The van der Waals surface area contributed by atoms with Gasteiger partial charge in [0.15, 0.2) is 0 Å². The Balaban J connectivity index is 1.54. The van der Waals surface area contributed by atoms with E-state index in [9.17, 15) is 10.2 Å². The third-order valence-electron chi connectivity index (χ3n) is 8.83. The van der Waals surface area contributed by atoms with Gasteiger partial charge in [-0.1, -0.05) is 26.0 Å². The molecule has 2 N–H and O–H groups in total. The lowest BCUT2D eigenvalue weighted by atomic mass is 9.51. The SMILES string of the molecule is C=C1CCC2C(O)C(C3(C)CCC(O)CC3CCn3ccnc3)CCC12C. The fourth-order valence-electron chi connectivity index (χ4n) is 6.79. The van der Waals surface area contributed by atoms with E-state index in [1.54, 1.807) is 0 Å². The Hall–Kier alpha value is -1.13. The molecule has 4 nitrogen and oxygen atoms in total. The second kappa shape index (κ2) is 7.04. The predicted molar refractivity (Wildman–Crippen MR) is 107 cm³/mol. The Morgan fingerprint density at radius 3 is 2.74 bits per heavy atom. The van der Waals surface area contributed by atoms with Crippen molar-refractivity contribution in [1.29, 1.82) is 0 Å². The first kappa shape index (κ1) is 19.2. The molecule has 1 heterocycles. The van der Waals surface area contributed by atoms with E-state index in [1.807, 2.05) is 18.7 Å². The quantitative estimate of drug-likeness (QED) is 0.780. The molecule has 3 fully saturated rings. The van der Waals surface area contributed by atoms with Gasteiger partial charge in [0.05, 0.1) is 18.5 Å². The Bertz CT molecular complexity index is 672. The van der Waals surface area contributed by atoms with Crippen LogP contribution in [0.1, 0.15) is 65.2 Å². The maximum absolute atomic E-state index is 11.5. The van der Waals surface area contributed by atoms with E-state index in [0.717, 1.165) is 57.9 Å². The molecule has 0 aromatic carbocycles. The minimum absolute atomic E-state index is 0.102. The van der Waals surface area contributed by atoms with E-state index in [-0.39, 0.29) is 23.0 Å². The number of hydrogen-bond acceptors (Lipinski definition) is 3. The lowest BCUT2D eigenvalue weighted by Crippen LogP contribution is -2.52.